The molecule has 34 heavy (non-hydrogen) atoms. The summed E-state index contributed by atoms with van der Waals surface area (Å²) in [5, 5.41) is 7.25. The third-order valence-corrected chi connectivity index (χ3v) is 6.83. The van der Waals surface area contributed by atoms with E-state index in [0.29, 0.717) is 12.6 Å². The zero-order valence-corrected chi connectivity index (χ0v) is 19.7. The molecule has 2 N–H and O–H groups in total. The minimum absolute atomic E-state index is 0.0957. The first-order valence-corrected chi connectivity index (χ1v) is 11.8. The van der Waals surface area contributed by atoms with Crippen LogP contribution >= 0.6 is 0 Å². The lowest BCUT2D eigenvalue weighted by Gasteiger charge is -2.29. The first kappa shape index (κ1) is 22.3. The minimum atomic E-state index is 0.0957. The molecule has 0 aliphatic carbocycles. The molecule has 0 unspecified atom stereocenters. The van der Waals surface area contributed by atoms with E-state index in [2.05, 4.69) is 26.8 Å². The Bertz CT molecular complexity index is 1290. The van der Waals surface area contributed by atoms with Gasteiger partial charge in [-0.2, -0.15) is 5.10 Å². The van der Waals surface area contributed by atoms with E-state index in [4.69, 9.17) is 15.6 Å². The number of aliphatic imine (C=N–C) groups is 1. The number of rotatable bonds is 4. The Morgan fingerprint density at radius 1 is 1.29 bits per heavy atom. The summed E-state index contributed by atoms with van der Waals surface area (Å²) in [5.74, 6) is 0.0957. The molecule has 1 fully saturated rings. The van der Waals surface area contributed by atoms with Gasteiger partial charge in [0.25, 0.3) is 0 Å². The molecule has 0 atom stereocenters. The maximum atomic E-state index is 12.2. The molecule has 1 aromatic carbocycles. The molecule has 2 aromatic heterocycles. The topological polar surface area (TPSA) is 98.6 Å². The molecule has 2 aliphatic heterocycles. The molecule has 0 saturated carbocycles. The number of hydrogen-bond acceptors (Lipinski definition) is 6. The third kappa shape index (κ3) is 3.98. The Labute approximate surface area is 199 Å². The third-order valence-electron chi connectivity index (χ3n) is 6.83. The van der Waals surface area contributed by atoms with Gasteiger partial charge in [0.2, 0.25) is 5.91 Å². The summed E-state index contributed by atoms with van der Waals surface area (Å²) in [7, 11) is 1.71. The second kappa shape index (κ2) is 9.38. The number of pyridine rings is 1. The number of fused-ring (bicyclic) bond motifs is 2. The van der Waals surface area contributed by atoms with Gasteiger partial charge in [-0.1, -0.05) is 18.2 Å². The molecular formula is C26H30N6O2. The molecule has 4 heterocycles. The molecule has 2 aliphatic rings. The van der Waals surface area contributed by atoms with E-state index in [1.54, 1.807) is 20.2 Å². The van der Waals surface area contributed by atoms with Crippen molar-refractivity contribution < 1.29 is 9.53 Å². The molecule has 0 bridgehead atoms. The average Bonchev–Trinajstić information content (AvgIpc) is 3.26. The van der Waals surface area contributed by atoms with E-state index in [-0.39, 0.29) is 5.91 Å². The fourth-order valence-electron chi connectivity index (χ4n) is 5.03. The van der Waals surface area contributed by atoms with Crippen molar-refractivity contribution in [2.24, 2.45) is 10.7 Å². The number of carbonyl (C=O) groups excluding carboxylic acids is 1. The zero-order valence-electron chi connectivity index (χ0n) is 19.7. The van der Waals surface area contributed by atoms with E-state index in [1.165, 1.54) is 11.9 Å². The SMILES string of the molecule is CN=C/C(=C\N)c1cc2cccc(-c3nn(C4CCOCC4)c4c3CN(C(C)=O)CC4)c2cn1. The van der Waals surface area contributed by atoms with Crippen molar-refractivity contribution in [3.63, 3.8) is 0 Å². The highest BCUT2D eigenvalue weighted by Crippen LogP contribution is 2.37. The van der Waals surface area contributed by atoms with Crippen LogP contribution in [0.4, 0.5) is 0 Å². The highest BCUT2D eigenvalue weighted by Gasteiger charge is 2.30. The van der Waals surface area contributed by atoms with Crippen LogP contribution < -0.4 is 5.73 Å². The monoisotopic (exact) mass is 458 g/mol. The molecule has 0 radical (unpaired) electrons. The molecular weight excluding hydrogens is 428 g/mol. The van der Waals surface area contributed by atoms with Crippen LogP contribution in [-0.4, -0.2) is 58.6 Å². The lowest BCUT2D eigenvalue weighted by atomic mass is 9.96. The van der Waals surface area contributed by atoms with Crippen molar-refractivity contribution in [2.75, 3.05) is 26.8 Å². The van der Waals surface area contributed by atoms with E-state index in [0.717, 1.165) is 77.9 Å². The predicted octanol–water partition coefficient (Wildman–Crippen LogP) is 3.35. The number of nitrogens with two attached hydrogens (primary N) is 1. The van der Waals surface area contributed by atoms with Crippen molar-refractivity contribution in [2.45, 2.75) is 38.8 Å². The van der Waals surface area contributed by atoms with Crippen molar-refractivity contribution >= 4 is 28.5 Å². The molecule has 3 aromatic rings. The Kier molecular flexibility index (Phi) is 6.15. The second-order valence-corrected chi connectivity index (χ2v) is 8.86. The van der Waals surface area contributed by atoms with Gasteiger partial charge in [0.05, 0.1) is 17.4 Å². The van der Waals surface area contributed by atoms with E-state index < -0.39 is 0 Å². The summed E-state index contributed by atoms with van der Waals surface area (Å²) in [6, 6.07) is 8.58. The highest BCUT2D eigenvalue weighted by molar-refractivity contribution is 6.10. The maximum Gasteiger partial charge on any atom is 0.219 e. The lowest BCUT2D eigenvalue weighted by Crippen LogP contribution is -2.35. The van der Waals surface area contributed by atoms with Crippen LogP contribution in [-0.2, 0) is 22.5 Å². The average molecular weight is 459 g/mol. The maximum absolute atomic E-state index is 12.2. The molecule has 1 saturated heterocycles. The van der Waals surface area contributed by atoms with Crippen LogP contribution in [0.3, 0.4) is 0 Å². The number of allylic oxidation sites excluding steroid dienone is 1. The van der Waals surface area contributed by atoms with E-state index in [1.807, 2.05) is 23.2 Å². The number of carbonyl (C=O) groups is 1. The fourth-order valence-corrected chi connectivity index (χ4v) is 5.03. The normalized spacial score (nSPS) is 17.5. The summed E-state index contributed by atoms with van der Waals surface area (Å²) in [5.41, 5.74) is 11.7. The Balaban J connectivity index is 1.65. The first-order valence-electron chi connectivity index (χ1n) is 11.8. The van der Waals surface area contributed by atoms with Crippen LogP contribution in [0.25, 0.3) is 27.6 Å². The number of benzene rings is 1. The predicted molar refractivity (Wildman–Crippen MR) is 133 cm³/mol. The van der Waals surface area contributed by atoms with Crippen LogP contribution in [0.2, 0.25) is 0 Å². The van der Waals surface area contributed by atoms with Gasteiger partial charge in [-0.3, -0.25) is 19.5 Å². The minimum Gasteiger partial charge on any atom is -0.404 e. The zero-order chi connectivity index (χ0) is 23.7. The molecule has 8 nitrogen and oxygen atoms in total. The van der Waals surface area contributed by atoms with Crippen LogP contribution in [0.5, 0.6) is 0 Å². The molecule has 176 valence electrons. The summed E-state index contributed by atoms with van der Waals surface area (Å²) in [6.45, 7) is 4.46. The Morgan fingerprint density at radius 2 is 2.12 bits per heavy atom. The van der Waals surface area contributed by atoms with Crippen molar-refractivity contribution in [1.82, 2.24) is 19.7 Å². The van der Waals surface area contributed by atoms with Crippen LogP contribution in [0.15, 0.2) is 41.7 Å². The number of hydrogen-bond donors (Lipinski definition) is 1. The van der Waals surface area contributed by atoms with Crippen LogP contribution in [0, 0.1) is 0 Å². The number of aromatic nitrogens is 3. The van der Waals surface area contributed by atoms with Crippen molar-refractivity contribution in [3.8, 4) is 11.3 Å². The highest BCUT2D eigenvalue weighted by atomic mass is 16.5. The first-order chi connectivity index (χ1) is 16.6. The van der Waals surface area contributed by atoms with Crippen LogP contribution in [0.1, 0.15) is 42.8 Å². The van der Waals surface area contributed by atoms with Crippen molar-refractivity contribution in [3.05, 3.63) is 53.6 Å². The van der Waals surface area contributed by atoms with Gasteiger partial charge in [0.15, 0.2) is 0 Å². The van der Waals surface area contributed by atoms with Gasteiger partial charge >= 0.3 is 0 Å². The van der Waals surface area contributed by atoms with Gasteiger partial charge in [-0.25, -0.2) is 0 Å². The number of ether oxygens (including phenoxy) is 1. The van der Waals surface area contributed by atoms with Gasteiger partial charge in [0, 0.05) is 93.1 Å². The van der Waals surface area contributed by atoms with Gasteiger partial charge in [0.1, 0.15) is 0 Å². The van der Waals surface area contributed by atoms with E-state index in [9.17, 15) is 4.79 Å². The Hall–Kier alpha value is -3.52. The van der Waals surface area contributed by atoms with Gasteiger partial charge < -0.3 is 15.4 Å². The van der Waals surface area contributed by atoms with Gasteiger partial charge in [-0.05, 0) is 24.3 Å². The number of amides is 1. The lowest BCUT2D eigenvalue weighted by molar-refractivity contribution is -0.129. The largest absolute Gasteiger partial charge is 0.404 e. The molecule has 8 heteroatoms. The standard InChI is InChI=1S/C26H30N6O2/c1-17(33)31-9-6-25-23(16-31)26(30-32(25)20-7-10-34-11-8-20)21-5-3-4-18-12-24(29-15-22(18)21)19(13-27)14-28-2/h3-5,12-15,20H,6-11,16,27H2,1-2H3/b19-13+,28-14?. The summed E-state index contributed by atoms with van der Waals surface area (Å²) < 4.78 is 7.82. The van der Waals surface area contributed by atoms with Gasteiger partial charge in [-0.15, -0.1) is 0 Å². The van der Waals surface area contributed by atoms with Crippen molar-refractivity contribution in [1.29, 1.82) is 0 Å². The summed E-state index contributed by atoms with van der Waals surface area (Å²) >= 11 is 0. The summed E-state index contributed by atoms with van der Waals surface area (Å²) in [6.07, 6.45) is 7.84. The van der Waals surface area contributed by atoms with E-state index >= 15 is 0 Å². The second-order valence-electron chi connectivity index (χ2n) is 8.86. The summed E-state index contributed by atoms with van der Waals surface area (Å²) in [4.78, 5) is 22.9. The number of nitrogens with zero attached hydrogens (tertiary/aromatic N) is 5. The molecule has 0 spiro atoms. The quantitative estimate of drug-likeness (QED) is 0.605. The smallest absolute Gasteiger partial charge is 0.219 e. The molecule has 5 rings (SSSR count). The fraction of sp³-hybridized carbons (Fsp3) is 0.385. The molecule has 1 amide bonds. The Morgan fingerprint density at radius 3 is 2.85 bits per heavy atom.